The second kappa shape index (κ2) is 8.87. The highest BCUT2D eigenvalue weighted by atomic mass is 16.5. The number of fused-ring (bicyclic) bond motifs is 1. The highest BCUT2D eigenvalue weighted by molar-refractivity contribution is 5.78. The van der Waals surface area contributed by atoms with Gasteiger partial charge in [-0.3, -0.25) is 9.69 Å². The van der Waals surface area contributed by atoms with Gasteiger partial charge in [-0.15, -0.1) is 0 Å². The van der Waals surface area contributed by atoms with Crippen LogP contribution in [0.25, 0.3) is 0 Å². The molecule has 2 aromatic carbocycles. The summed E-state index contributed by atoms with van der Waals surface area (Å²) in [5, 5.41) is 3.20. The molecule has 1 amide bonds. The number of hydrogen-bond donors (Lipinski definition) is 1. The molecule has 2 aliphatic rings. The largest absolute Gasteiger partial charge is 0.493 e. The zero-order valence-electron chi connectivity index (χ0n) is 17.3. The molecule has 1 fully saturated rings. The topological polar surface area (TPSA) is 50.8 Å². The summed E-state index contributed by atoms with van der Waals surface area (Å²) in [7, 11) is 0. The van der Waals surface area contributed by atoms with Gasteiger partial charge in [-0.1, -0.05) is 36.4 Å². The molecule has 0 aliphatic carbocycles. The Balaban J connectivity index is 1.26. The third kappa shape index (κ3) is 4.73. The predicted molar refractivity (Wildman–Crippen MR) is 113 cm³/mol. The molecule has 2 heterocycles. The Kier molecular flexibility index (Phi) is 6.05. The van der Waals surface area contributed by atoms with E-state index in [2.05, 4.69) is 42.3 Å². The number of carbonyl (C=O) groups excluding carboxylic acids is 1. The SMILES string of the molecule is Cc1cccc(C)c1OC1CCN(CC(=O)NC2CCOc3ccccc32)CC1. The maximum Gasteiger partial charge on any atom is 0.234 e. The minimum atomic E-state index is 0.0392. The number of rotatable bonds is 5. The van der Waals surface area contributed by atoms with Crippen molar-refractivity contribution in [2.75, 3.05) is 26.2 Å². The average Bonchev–Trinajstić information content (AvgIpc) is 2.72. The Labute approximate surface area is 173 Å². The van der Waals surface area contributed by atoms with E-state index in [0.29, 0.717) is 13.2 Å². The van der Waals surface area contributed by atoms with Gasteiger partial charge in [0.1, 0.15) is 17.6 Å². The summed E-state index contributed by atoms with van der Waals surface area (Å²) in [6.45, 7) is 7.03. The second-order valence-electron chi connectivity index (χ2n) is 8.11. The predicted octanol–water partition coefficient (Wildman–Crippen LogP) is 3.79. The van der Waals surface area contributed by atoms with Crippen LogP contribution in [0.3, 0.4) is 0 Å². The van der Waals surface area contributed by atoms with Crippen molar-refractivity contribution in [2.24, 2.45) is 0 Å². The summed E-state index contributed by atoms with van der Waals surface area (Å²) in [4.78, 5) is 14.9. The minimum Gasteiger partial charge on any atom is -0.493 e. The number of nitrogens with zero attached hydrogens (tertiary/aromatic N) is 1. The van der Waals surface area contributed by atoms with Crippen LogP contribution < -0.4 is 14.8 Å². The Bertz CT molecular complexity index is 839. The second-order valence-corrected chi connectivity index (χ2v) is 8.11. The first kappa shape index (κ1) is 19.8. The molecule has 1 N–H and O–H groups in total. The lowest BCUT2D eigenvalue weighted by atomic mass is 10.0. The third-order valence-electron chi connectivity index (χ3n) is 5.89. The molecule has 1 saturated heterocycles. The van der Waals surface area contributed by atoms with Crippen LogP contribution in [0.4, 0.5) is 0 Å². The number of likely N-dealkylation sites (tertiary alicyclic amines) is 1. The fraction of sp³-hybridized carbons (Fsp3) is 0.458. The average molecular weight is 395 g/mol. The van der Waals surface area contributed by atoms with E-state index in [4.69, 9.17) is 9.47 Å². The van der Waals surface area contributed by atoms with Crippen LogP contribution in [0, 0.1) is 13.8 Å². The van der Waals surface area contributed by atoms with Crippen molar-refractivity contribution < 1.29 is 14.3 Å². The highest BCUT2D eigenvalue weighted by Crippen LogP contribution is 2.31. The van der Waals surface area contributed by atoms with Crippen molar-refractivity contribution in [3.05, 3.63) is 59.2 Å². The van der Waals surface area contributed by atoms with Crippen LogP contribution in [0.5, 0.6) is 11.5 Å². The summed E-state index contributed by atoms with van der Waals surface area (Å²) >= 11 is 0. The molecule has 4 rings (SSSR count). The van der Waals surface area contributed by atoms with E-state index in [1.54, 1.807) is 0 Å². The van der Waals surface area contributed by atoms with Crippen molar-refractivity contribution >= 4 is 5.91 Å². The molecule has 154 valence electrons. The van der Waals surface area contributed by atoms with Crippen LogP contribution in [-0.2, 0) is 4.79 Å². The van der Waals surface area contributed by atoms with Gasteiger partial charge in [0, 0.05) is 25.1 Å². The van der Waals surface area contributed by atoms with Gasteiger partial charge in [0.2, 0.25) is 5.91 Å². The van der Waals surface area contributed by atoms with E-state index in [1.807, 2.05) is 24.3 Å². The van der Waals surface area contributed by atoms with Gasteiger partial charge >= 0.3 is 0 Å². The molecule has 0 spiro atoms. The molecule has 2 aromatic rings. The number of carbonyl (C=O) groups is 1. The van der Waals surface area contributed by atoms with Crippen LogP contribution in [-0.4, -0.2) is 43.2 Å². The quantitative estimate of drug-likeness (QED) is 0.838. The van der Waals surface area contributed by atoms with Gasteiger partial charge in [-0.2, -0.15) is 0 Å². The number of amides is 1. The number of ether oxygens (including phenoxy) is 2. The Morgan fingerprint density at radius 1 is 1.07 bits per heavy atom. The Morgan fingerprint density at radius 3 is 2.55 bits per heavy atom. The van der Waals surface area contributed by atoms with E-state index in [1.165, 1.54) is 11.1 Å². The molecule has 1 unspecified atom stereocenters. The van der Waals surface area contributed by atoms with Crippen LogP contribution in [0.1, 0.15) is 42.0 Å². The van der Waals surface area contributed by atoms with Crippen molar-refractivity contribution in [2.45, 2.75) is 45.3 Å². The molecular weight excluding hydrogens is 364 g/mol. The van der Waals surface area contributed by atoms with E-state index in [9.17, 15) is 4.79 Å². The van der Waals surface area contributed by atoms with E-state index < -0.39 is 0 Å². The summed E-state index contributed by atoms with van der Waals surface area (Å²) in [5.74, 6) is 1.98. The Hall–Kier alpha value is -2.53. The molecule has 29 heavy (non-hydrogen) atoms. The maximum atomic E-state index is 12.6. The molecule has 1 atom stereocenters. The van der Waals surface area contributed by atoms with Gasteiger partial charge in [-0.25, -0.2) is 0 Å². The molecule has 5 heteroatoms. The summed E-state index contributed by atoms with van der Waals surface area (Å²) < 4.78 is 12.0. The van der Waals surface area contributed by atoms with Gasteiger partial charge in [0.15, 0.2) is 0 Å². The van der Waals surface area contributed by atoms with E-state index in [-0.39, 0.29) is 18.1 Å². The van der Waals surface area contributed by atoms with Gasteiger partial charge in [0.25, 0.3) is 0 Å². The molecular formula is C24H30N2O3. The van der Waals surface area contributed by atoms with Gasteiger partial charge < -0.3 is 14.8 Å². The fourth-order valence-electron chi connectivity index (χ4n) is 4.27. The smallest absolute Gasteiger partial charge is 0.234 e. The molecule has 0 bridgehead atoms. The lowest BCUT2D eigenvalue weighted by Crippen LogP contribution is -2.45. The number of hydrogen-bond acceptors (Lipinski definition) is 4. The van der Waals surface area contributed by atoms with Gasteiger partial charge in [-0.05, 0) is 43.9 Å². The summed E-state index contributed by atoms with van der Waals surface area (Å²) in [5.41, 5.74) is 3.44. The first-order valence-electron chi connectivity index (χ1n) is 10.6. The first-order valence-corrected chi connectivity index (χ1v) is 10.6. The standard InChI is InChI=1S/C24H30N2O3/c1-17-6-5-7-18(2)24(17)29-19-10-13-26(14-11-19)16-23(27)25-21-12-15-28-22-9-4-3-8-20(21)22/h3-9,19,21H,10-16H2,1-2H3,(H,25,27). The summed E-state index contributed by atoms with van der Waals surface area (Å²) in [6, 6.07) is 14.3. The molecule has 0 radical (unpaired) electrons. The monoisotopic (exact) mass is 394 g/mol. The number of aryl methyl sites for hydroxylation is 2. The Morgan fingerprint density at radius 2 is 1.79 bits per heavy atom. The number of para-hydroxylation sites is 2. The first-order chi connectivity index (χ1) is 14.1. The van der Waals surface area contributed by atoms with E-state index in [0.717, 1.165) is 49.4 Å². The van der Waals surface area contributed by atoms with Crippen LogP contribution >= 0.6 is 0 Å². The molecule has 0 saturated carbocycles. The zero-order valence-corrected chi connectivity index (χ0v) is 17.3. The van der Waals surface area contributed by atoms with Gasteiger partial charge in [0.05, 0.1) is 19.2 Å². The van der Waals surface area contributed by atoms with Crippen LogP contribution in [0.15, 0.2) is 42.5 Å². The lowest BCUT2D eigenvalue weighted by molar-refractivity contribution is -0.123. The van der Waals surface area contributed by atoms with E-state index >= 15 is 0 Å². The van der Waals surface area contributed by atoms with Crippen molar-refractivity contribution in [3.63, 3.8) is 0 Å². The van der Waals surface area contributed by atoms with Crippen molar-refractivity contribution in [3.8, 4) is 11.5 Å². The minimum absolute atomic E-state index is 0.0392. The lowest BCUT2D eigenvalue weighted by Gasteiger charge is -2.33. The maximum absolute atomic E-state index is 12.6. The number of nitrogens with one attached hydrogen (secondary N) is 1. The number of piperidine rings is 1. The van der Waals surface area contributed by atoms with Crippen molar-refractivity contribution in [1.29, 1.82) is 0 Å². The molecule has 5 nitrogen and oxygen atoms in total. The molecule has 0 aromatic heterocycles. The van der Waals surface area contributed by atoms with Crippen LogP contribution in [0.2, 0.25) is 0 Å². The molecule has 2 aliphatic heterocycles. The highest BCUT2D eigenvalue weighted by Gasteiger charge is 2.26. The third-order valence-corrected chi connectivity index (χ3v) is 5.89. The van der Waals surface area contributed by atoms with Crippen molar-refractivity contribution in [1.82, 2.24) is 10.2 Å². The number of benzene rings is 2. The summed E-state index contributed by atoms with van der Waals surface area (Å²) in [6.07, 6.45) is 2.92. The normalized spacial score (nSPS) is 19.9. The zero-order chi connectivity index (χ0) is 20.2. The fourth-order valence-corrected chi connectivity index (χ4v) is 4.27.